The molecule has 3 nitrogen and oxygen atoms in total. The summed E-state index contributed by atoms with van der Waals surface area (Å²) in [5, 5.41) is 0. The smallest absolute Gasteiger partial charge is 0.111 e. The minimum Gasteiger partial charge on any atom is -0.330 e. The zero-order valence-electron chi connectivity index (χ0n) is 12.6. The van der Waals surface area contributed by atoms with E-state index in [1.54, 1.807) is 0 Å². The summed E-state index contributed by atoms with van der Waals surface area (Å²) in [5.41, 5.74) is 10.5. The molecule has 21 heavy (non-hydrogen) atoms. The maximum atomic E-state index is 5.77. The predicted molar refractivity (Wildman–Crippen MR) is 87.5 cm³/mol. The molecule has 3 aromatic rings. The van der Waals surface area contributed by atoms with E-state index in [0.29, 0.717) is 6.54 Å². The van der Waals surface area contributed by atoms with Gasteiger partial charge in [-0.25, -0.2) is 4.98 Å². The molecule has 3 rings (SSSR count). The topological polar surface area (TPSA) is 43.8 Å². The summed E-state index contributed by atoms with van der Waals surface area (Å²) >= 11 is 0. The summed E-state index contributed by atoms with van der Waals surface area (Å²) in [6.07, 6.45) is 0.797. The third kappa shape index (κ3) is 2.57. The molecular weight excluding hydrogens is 258 g/mol. The van der Waals surface area contributed by atoms with E-state index in [1.165, 1.54) is 16.6 Å². The van der Waals surface area contributed by atoms with Crippen LogP contribution in [0.1, 0.15) is 29.9 Å². The molecule has 0 saturated carbocycles. The van der Waals surface area contributed by atoms with Gasteiger partial charge in [0.05, 0.1) is 17.1 Å². The van der Waals surface area contributed by atoms with Crippen LogP contribution in [0.4, 0.5) is 0 Å². The molecule has 1 atom stereocenters. The molecule has 0 amide bonds. The maximum absolute atomic E-state index is 5.77. The first-order valence-electron chi connectivity index (χ1n) is 7.43. The van der Waals surface area contributed by atoms with Gasteiger partial charge in [0.2, 0.25) is 0 Å². The minimum absolute atomic E-state index is 0.250. The van der Waals surface area contributed by atoms with E-state index in [4.69, 9.17) is 10.7 Å². The van der Waals surface area contributed by atoms with Gasteiger partial charge in [-0.15, -0.1) is 0 Å². The molecule has 0 aliphatic rings. The van der Waals surface area contributed by atoms with Crippen LogP contribution < -0.4 is 5.73 Å². The van der Waals surface area contributed by atoms with Crippen molar-refractivity contribution in [2.75, 3.05) is 6.54 Å². The fraction of sp³-hybridized carbons (Fsp3) is 0.278. The Morgan fingerprint density at radius 2 is 1.90 bits per heavy atom. The van der Waals surface area contributed by atoms with Crippen molar-refractivity contribution in [1.29, 1.82) is 0 Å². The van der Waals surface area contributed by atoms with E-state index in [1.807, 2.05) is 6.07 Å². The van der Waals surface area contributed by atoms with E-state index in [9.17, 15) is 0 Å². The lowest BCUT2D eigenvalue weighted by molar-refractivity contribution is 0.617. The van der Waals surface area contributed by atoms with Gasteiger partial charge in [0.25, 0.3) is 0 Å². The molecule has 1 aromatic heterocycles. The van der Waals surface area contributed by atoms with Crippen LogP contribution >= 0.6 is 0 Å². The summed E-state index contributed by atoms with van der Waals surface area (Å²) in [7, 11) is 0. The molecule has 0 fully saturated rings. The zero-order chi connectivity index (χ0) is 14.8. The summed E-state index contributed by atoms with van der Waals surface area (Å²) in [4.78, 5) is 4.79. The van der Waals surface area contributed by atoms with Gasteiger partial charge < -0.3 is 10.3 Å². The number of aromatic nitrogens is 2. The fourth-order valence-corrected chi connectivity index (χ4v) is 2.88. The fourth-order valence-electron chi connectivity index (χ4n) is 2.88. The van der Waals surface area contributed by atoms with Crippen LogP contribution in [0.15, 0.2) is 48.5 Å². The van der Waals surface area contributed by atoms with Crippen LogP contribution in [0.25, 0.3) is 11.0 Å². The van der Waals surface area contributed by atoms with Crippen LogP contribution in [0.2, 0.25) is 0 Å². The second-order valence-electron chi connectivity index (χ2n) is 5.52. The third-order valence-electron chi connectivity index (χ3n) is 3.96. The number of hydrogen-bond donors (Lipinski definition) is 1. The van der Waals surface area contributed by atoms with Crippen LogP contribution in [0, 0.1) is 6.92 Å². The number of nitrogens with two attached hydrogens (primary N) is 1. The largest absolute Gasteiger partial charge is 0.330 e. The lowest BCUT2D eigenvalue weighted by Crippen LogP contribution is -2.14. The second kappa shape index (κ2) is 5.70. The molecule has 2 N–H and O–H groups in total. The summed E-state index contributed by atoms with van der Waals surface area (Å²) in [6, 6.07) is 17.2. The van der Waals surface area contributed by atoms with Crippen molar-refractivity contribution in [1.82, 2.24) is 9.55 Å². The molecule has 0 aliphatic carbocycles. The highest BCUT2D eigenvalue weighted by Gasteiger charge is 2.16. The second-order valence-corrected chi connectivity index (χ2v) is 5.52. The van der Waals surface area contributed by atoms with Gasteiger partial charge in [-0.05, 0) is 43.7 Å². The van der Waals surface area contributed by atoms with Gasteiger partial charge in [0.15, 0.2) is 0 Å². The molecule has 0 radical (unpaired) electrons. The number of imidazole rings is 1. The monoisotopic (exact) mass is 279 g/mol. The SMILES string of the molecule is Cc1ccc2c(c1)nc(CCN)n2C(C)c1ccccc1. The lowest BCUT2D eigenvalue weighted by Gasteiger charge is -2.18. The number of aryl methyl sites for hydroxylation is 1. The van der Waals surface area contributed by atoms with Gasteiger partial charge in [-0.3, -0.25) is 0 Å². The van der Waals surface area contributed by atoms with Crippen LogP contribution in [0.3, 0.4) is 0 Å². The van der Waals surface area contributed by atoms with Gasteiger partial charge in [-0.1, -0.05) is 36.4 Å². The summed E-state index contributed by atoms with van der Waals surface area (Å²) in [6.45, 7) is 4.93. The van der Waals surface area contributed by atoms with Gasteiger partial charge in [-0.2, -0.15) is 0 Å². The Balaban J connectivity index is 2.17. The number of rotatable bonds is 4. The van der Waals surface area contributed by atoms with Crippen molar-refractivity contribution in [2.24, 2.45) is 5.73 Å². The van der Waals surface area contributed by atoms with E-state index in [2.05, 4.69) is 60.9 Å². The first-order valence-corrected chi connectivity index (χ1v) is 7.43. The average molecular weight is 279 g/mol. The highest BCUT2D eigenvalue weighted by molar-refractivity contribution is 5.77. The molecule has 0 bridgehead atoms. The zero-order valence-corrected chi connectivity index (χ0v) is 12.6. The van der Waals surface area contributed by atoms with Crippen LogP contribution in [0.5, 0.6) is 0 Å². The van der Waals surface area contributed by atoms with E-state index in [-0.39, 0.29) is 6.04 Å². The highest BCUT2D eigenvalue weighted by Crippen LogP contribution is 2.26. The highest BCUT2D eigenvalue weighted by atomic mass is 15.1. The standard InChI is InChI=1S/C18H21N3/c1-13-8-9-17-16(12-13)20-18(10-11-19)21(17)14(2)15-6-4-3-5-7-15/h3-9,12,14H,10-11,19H2,1-2H3. The quantitative estimate of drug-likeness (QED) is 0.795. The number of benzene rings is 2. The van der Waals surface area contributed by atoms with Crippen molar-refractivity contribution >= 4 is 11.0 Å². The molecule has 108 valence electrons. The first-order chi connectivity index (χ1) is 10.2. The summed E-state index contributed by atoms with van der Waals surface area (Å²) < 4.78 is 2.32. The minimum atomic E-state index is 0.250. The Bertz CT molecular complexity index is 744. The van der Waals surface area contributed by atoms with Crippen molar-refractivity contribution in [3.63, 3.8) is 0 Å². The Hall–Kier alpha value is -2.13. The Labute approximate surface area is 125 Å². The molecular formula is C18H21N3. The van der Waals surface area contributed by atoms with E-state index < -0.39 is 0 Å². The molecule has 3 heteroatoms. The third-order valence-corrected chi connectivity index (χ3v) is 3.96. The number of hydrogen-bond acceptors (Lipinski definition) is 2. The molecule has 1 unspecified atom stereocenters. The molecule has 2 aromatic carbocycles. The predicted octanol–water partition coefficient (Wildman–Crippen LogP) is 3.46. The van der Waals surface area contributed by atoms with Gasteiger partial charge in [0, 0.05) is 6.42 Å². The van der Waals surface area contributed by atoms with Crippen molar-refractivity contribution in [2.45, 2.75) is 26.3 Å². The maximum Gasteiger partial charge on any atom is 0.111 e. The lowest BCUT2D eigenvalue weighted by atomic mass is 10.1. The van der Waals surface area contributed by atoms with E-state index >= 15 is 0 Å². The first kappa shape index (κ1) is 13.8. The Morgan fingerprint density at radius 3 is 2.62 bits per heavy atom. The van der Waals surface area contributed by atoms with E-state index in [0.717, 1.165) is 17.8 Å². The summed E-state index contributed by atoms with van der Waals surface area (Å²) in [5.74, 6) is 1.06. The van der Waals surface area contributed by atoms with Crippen LogP contribution in [-0.2, 0) is 6.42 Å². The Kier molecular flexibility index (Phi) is 3.76. The van der Waals surface area contributed by atoms with Crippen molar-refractivity contribution in [3.05, 3.63) is 65.5 Å². The molecule has 0 aliphatic heterocycles. The van der Waals surface area contributed by atoms with Crippen molar-refractivity contribution < 1.29 is 0 Å². The number of fused-ring (bicyclic) bond motifs is 1. The molecule has 0 spiro atoms. The molecule has 0 saturated heterocycles. The van der Waals surface area contributed by atoms with Crippen molar-refractivity contribution in [3.8, 4) is 0 Å². The van der Waals surface area contributed by atoms with Crippen LogP contribution in [-0.4, -0.2) is 16.1 Å². The number of nitrogens with zero attached hydrogens (tertiary/aromatic N) is 2. The normalized spacial score (nSPS) is 12.7. The Morgan fingerprint density at radius 1 is 1.14 bits per heavy atom. The van der Waals surface area contributed by atoms with Gasteiger partial charge >= 0.3 is 0 Å². The average Bonchev–Trinajstić information content (AvgIpc) is 2.85. The van der Waals surface area contributed by atoms with Gasteiger partial charge in [0.1, 0.15) is 5.82 Å². The molecule has 1 heterocycles.